The minimum atomic E-state index is -0.111. The lowest BCUT2D eigenvalue weighted by molar-refractivity contribution is -0.113. The monoisotopic (exact) mass is 490 g/mol. The number of nitrogens with one attached hydrogen (secondary N) is 1. The fraction of sp³-hybridized carbons (Fsp3) is 0.150. The Morgan fingerprint density at radius 2 is 2.07 bits per heavy atom. The number of fused-ring (bicyclic) bond motifs is 1. The van der Waals surface area contributed by atoms with Crippen LogP contribution < -0.4 is 5.32 Å². The quantitative estimate of drug-likeness (QED) is 0.363. The number of hydrogen-bond acceptors (Lipinski definition) is 5. The largest absolute Gasteiger partial charge is 0.453 e. The number of hydrogen-bond donors (Lipinski definition) is 1. The number of nitrogens with zero attached hydrogens (tertiary/aromatic N) is 3. The van der Waals surface area contributed by atoms with Gasteiger partial charge in [-0.05, 0) is 55.0 Å². The number of aromatic nitrogens is 3. The fourth-order valence-corrected chi connectivity index (χ4v) is 3.97. The number of furan rings is 1. The van der Waals surface area contributed by atoms with Gasteiger partial charge in [-0.2, -0.15) is 0 Å². The summed E-state index contributed by atoms with van der Waals surface area (Å²) >= 11 is 10.8. The van der Waals surface area contributed by atoms with Gasteiger partial charge in [-0.1, -0.05) is 39.3 Å². The molecule has 2 aromatic heterocycles. The average molecular weight is 492 g/mol. The second-order valence-corrected chi connectivity index (χ2v) is 8.69. The van der Waals surface area contributed by atoms with E-state index in [0.717, 1.165) is 26.7 Å². The minimum Gasteiger partial charge on any atom is -0.453 e. The molecule has 0 unspecified atom stereocenters. The summed E-state index contributed by atoms with van der Waals surface area (Å²) in [6.07, 6.45) is 0. The molecule has 0 saturated heterocycles. The first kappa shape index (κ1) is 20.0. The van der Waals surface area contributed by atoms with E-state index in [1.807, 2.05) is 50.4 Å². The molecule has 148 valence electrons. The predicted octanol–water partition coefficient (Wildman–Crippen LogP) is 5.68. The van der Waals surface area contributed by atoms with Crippen molar-refractivity contribution in [2.75, 3.05) is 11.1 Å². The van der Waals surface area contributed by atoms with Crippen molar-refractivity contribution < 1.29 is 9.21 Å². The number of amides is 1. The summed E-state index contributed by atoms with van der Waals surface area (Å²) in [5.41, 5.74) is 2.54. The van der Waals surface area contributed by atoms with E-state index in [0.29, 0.717) is 21.8 Å². The van der Waals surface area contributed by atoms with Gasteiger partial charge < -0.3 is 14.3 Å². The zero-order valence-electron chi connectivity index (χ0n) is 15.6. The highest BCUT2D eigenvalue weighted by Crippen LogP contribution is 2.30. The maximum atomic E-state index is 12.3. The van der Waals surface area contributed by atoms with Crippen molar-refractivity contribution in [1.29, 1.82) is 0 Å². The molecule has 1 amide bonds. The van der Waals surface area contributed by atoms with Gasteiger partial charge in [0.25, 0.3) is 0 Å². The fourth-order valence-electron chi connectivity index (χ4n) is 2.83. The van der Waals surface area contributed by atoms with Crippen LogP contribution in [0, 0.1) is 6.92 Å². The molecule has 2 aromatic carbocycles. The molecule has 0 saturated carbocycles. The highest BCUT2D eigenvalue weighted by atomic mass is 79.9. The number of thioether (sulfide) groups is 1. The van der Waals surface area contributed by atoms with Crippen LogP contribution in [0.15, 0.2) is 56.5 Å². The molecule has 1 N–H and O–H groups in total. The summed E-state index contributed by atoms with van der Waals surface area (Å²) in [7, 11) is 1.84. The van der Waals surface area contributed by atoms with Crippen LogP contribution in [0.2, 0.25) is 5.02 Å². The second kappa shape index (κ2) is 8.22. The lowest BCUT2D eigenvalue weighted by Gasteiger charge is -2.07. The molecule has 0 fully saturated rings. The molecule has 4 aromatic rings. The van der Waals surface area contributed by atoms with Crippen LogP contribution in [0.25, 0.3) is 22.6 Å². The van der Waals surface area contributed by atoms with Crippen molar-refractivity contribution in [1.82, 2.24) is 14.8 Å². The van der Waals surface area contributed by atoms with E-state index in [1.54, 1.807) is 10.6 Å². The summed E-state index contributed by atoms with van der Waals surface area (Å²) in [6, 6.07) is 13.0. The first-order valence-electron chi connectivity index (χ1n) is 8.68. The molecule has 0 spiro atoms. The average Bonchev–Trinajstić information content (AvgIpc) is 3.25. The molecule has 6 nitrogen and oxygen atoms in total. The number of aryl methyl sites for hydroxylation is 1. The van der Waals surface area contributed by atoms with Crippen LogP contribution in [-0.4, -0.2) is 26.4 Å². The number of benzene rings is 2. The van der Waals surface area contributed by atoms with E-state index >= 15 is 0 Å². The molecule has 29 heavy (non-hydrogen) atoms. The van der Waals surface area contributed by atoms with Crippen LogP contribution in [0.5, 0.6) is 0 Å². The number of carbonyl (C=O) groups excluding carboxylic acids is 1. The van der Waals surface area contributed by atoms with E-state index in [9.17, 15) is 4.79 Å². The lowest BCUT2D eigenvalue weighted by Crippen LogP contribution is -2.14. The summed E-state index contributed by atoms with van der Waals surface area (Å²) < 4.78 is 8.66. The van der Waals surface area contributed by atoms with Crippen LogP contribution in [0.4, 0.5) is 5.69 Å². The van der Waals surface area contributed by atoms with E-state index in [-0.39, 0.29) is 11.7 Å². The maximum absolute atomic E-state index is 12.3. The first-order valence-corrected chi connectivity index (χ1v) is 10.8. The van der Waals surface area contributed by atoms with Crippen molar-refractivity contribution >= 4 is 61.9 Å². The van der Waals surface area contributed by atoms with Gasteiger partial charge in [0.2, 0.25) is 5.91 Å². The first-order chi connectivity index (χ1) is 13.9. The minimum absolute atomic E-state index is 0.111. The Hall–Kier alpha value is -2.29. The van der Waals surface area contributed by atoms with Crippen molar-refractivity contribution in [3.63, 3.8) is 0 Å². The van der Waals surface area contributed by atoms with E-state index in [4.69, 9.17) is 16.0 Å². The molecule has 2 heterocycles. The van der Waals surface area contributed by atoms with Crippen LogP contribution >= 0.6 is 39.3 Å². The Morgan fingerprint density at radius 1 is 1.24 bits per heavy atom. The highest BCUT2D eigenvalue weighted by molar-refractivity contribution is 9.10. The Balaban J connectivity index is 1.45. The molecule has 0 aliphatic carbocycles. The van der Waals surface area contributed by atoms with Crippen molar-refractivity contribution in [3.05, 3.63) is 57.5 Å². The predicted molar refractivity (Wildman–Crippen MR) is 119 cm³/mol. The Kier molecular flexibility index (Phi) is 5.67. The Morgan fingerprint density at radius 3 is 2.86 bits per heavy atom. The SMILES string of the molecule is Cc1cc(NC(=O)CSc2nnc(-c3cc4cc(Cl)ccc4o3)n2C)ccc1Br. The van der Waals surface area contributed by atoms with Crippen LogP contribution in [-0.2, 0) is 11.8 Å². The van der Waals surface area contributed by atoms with Crippen molar-refractivity contribution in [2.45, 2.75) is 12.1 Å². The van der Waals surface area contributed by atoms with Gasteiger partial charge in [0.15, 0.2) is 16.7 Å². The lowest BCUT2D eigenvalue weighted by atomic mass is 10.2. The molecular weight excluding hydrogens is 476 g/mol. The van der Waals surface area contributed by atoms with E-state index in [2.05, 4.69) is 31.4 Å². The van der Waals surface area contributed by atoms with Crippen LogP contribution in [0.1, 0.15) is 5.56 Å². The van der Waals surface area contributed by atoms with E-state index < -0.39 is 0 Å². The molecule has 0 bridgehead atoms. The topological polar surface area (TPSA) is 73.0 Å². The standard InChI is InChI=1S/C20H16BrClN4O2S/c1-11-7-14(4-5-15(11)21)23-18(27)10-29-20-25-24-19(26(20)2)17-9-12-8-13(22)3-6-16(12)28-17/h3-9H,10H2,1-2H3,(H,23,27). The van der Waals surface area contributed by atoms with Gasteiger partial charge >= 0.3 is 0 Å². The van der Waals surface area contributed by atoms with Gasteiger partial charge in [-0.15, -0.1) is 10.2 Å². The summed E-state index contributed by atoms with van der Waals surface area (Å²) in [5.74, 6) is 1.29. The molecular formula is C20H16BrClN4O2S. The summed E-state index contributed by atoms with van der Waals surface area (Å²) in [5, 5.41) is 13.5. The zero-order chi connectivity index (χ0) is 20.5. The second-order valence-electron chi connectivity index (χ2n) is 6.46. The Bertz CT molecular complexity index is 1220. The number of halogens is 2. The molecule has 0 aliphatic rings. The zero-order valence-corrected chi connectivity index (χ0v) is 18.7. The normalized spacial score (nSPS) is 11.2. The third kappa shape index (κ3) is 4.34. The number of anilines is 1. The molecule has 0 aliphatic heterocycles. The van der Waals surface area contributed by atoms with Gasteiger partial charge in [0, 0.05) is 27.6 Å². The Labute approximate surface area is 184 Å². The van der Waals surface area contributed by atoms with Gasteiger partial charge in [0.1, 0.15) is 5.58 Å². The van der Waals surface area contributed by atoms with Crippen molar-refractivity contribution in [2.24, 2.45) is 7.05 Å². The maximum Gasteiger partial charge on any atom is 0.234 e. The third-order valence-electron chi connectivity index (χ3n) is 4.31. The van der Waals surface area contributed by atoms with Gasteiger partial charge in [0.05, 0.1) is 5.75 Å². The number of rotatable bonds is 5. The number of carbonyl (C=O) groups is 1. The summed E-state index contributed by atoms with van der Waals surface area (Å²) in [6.45, 7) is 1.97. The van der Waals surface area contributed by atoms with Crippen LogP contribution in [0.3, 0.4) is 0 Å². The molecule has 4 rings (SSSR count). The summed E-state index contributed by atoms with van der Waals surface area (Å²) in [4.78, 5) is 12.3. The van der Waals surface area contributed by atoms with Gasteiger partial charge in [-0.25, -0.2) is 0 Å². The van der Waals surface area contributed by atoms with Crippen molar-refractivity contribution in [3.8, 4) is 11.6 Å². The highest BCUT2D eigenvalue weighted by Gasteiger charge is 2.16. The molecule has 0 radical (unpaired) electrons. The van der Waals surface area contributed by atoms with Gasteiger partial charge in [-0.3, -0.25) is 4.79 Å². The smallest absolute Gasteiger partial charge is 0.234 e. The molecule has 9 heteroatoms. The third-order valence-corrected chi connectivity index (χ3v) is 6.45. The van der Waals surface area contributed by atoms with E-state index in [1.165, 1.54) is 11.8 Å². The molecule has 0 atom stereocenters.